The molecule has 0 bridgehead atoms. The van der Waals surface area contributed by atoms with Crippen LogP contribution in [-0.2, 0) is 10.0 Å². The summed E-state index contributed by atoms with van der Waals surface area (Å²) in [4.78, 5) is 7.25. The zero-order valence-corrected chi connectivity index (χ0v) is 18.6. The SMILES string of the molecule is Nc1ncc2c(F)cc(-c3ncc(C(F)F)cc3F)n2n1.O=S(=O)(C1CC1)N1CCCC(O)C1. The molecule has 3 aromatic rings. The molecule has 1 saturated carbocycles. The van der Waals surface area contributed by atoms with Crippen molar-refractivity contribution in [1.29, 1.82) is 0 Å². The van der Waals surface area contributed by atoms with Gasteiger partial charge < -0.3 is 10.8 Å². The second kappa shape index (κ2) is 9.43. The number of β-amino-alcohol motifs (C(OH)–C–C–N with tert-alkyl or cyclic N) is 1. The number of aliphatic hydroxyl groups excluding tert-OH is 1. The molecule has 5 rings (SSSR count). The highest BCUT2D eigenvalue weighted by Gasteiger charge is 2.41. The fourth-order valence-electron chi connectivity index (χ4n) is 3.62. The summed E-state index contributed by atoms with van der Waals surface area (Å²) in [6.07, 6.45) is 1.77. The first kappa shape index (κ1) is 24.3. The van der Waals surface area contributed by atoms with Gasteiger partial charge in [0.2, 0.25) is 16.0 Å². The van der Waals surface area contributed by atoms with Crippen molar-refractivity contribution < 1.29 is 31.1 Å². The van der Waals surface area contributed by atoms with Crippen LogP contribution in [-0.4, -0.2) is 61.9 Å². The van der Waals surface area contributed by atoms with E-state index in [2.05, 4.69) is 15.1 Å². The van der Waals surface area contributed by atoms with E-state index in [0.29, 0.717) is 19.2 Å². The predicted octanol–water partition coefficient (Wildman–Crippen LogP) is 2.52. The van der Waals surface area contributed by atoms with Crippen LogP contribution in [0, 0.1) is 11.6 Å². The maximum Gasteiger partial charge on any atom is 0.265 e. The highest BCUT2D eigenvalue weighted by atomic mass is 32.2. The number of aliphatic hydroxyl groups is 1. The quantitative estimate of drug-likeness (QED) is 0.525. The van der Waals surface area contributed by atoms with Crippen LogP contribution in [0.2, 0.25) is 0 Å². The number of sulfonamides is 1. The van der Waals surface area contributed by atoms with E-state index in [9.17, 15) is 31.1 Å². The summed E-state index contributed by atoms with van der Waals surface area (Å²) in [7, 11) is -3.05. The van der Waals surface area contributed by atoms with Crippen LogP contribution < -0.4 is 5.73 Å². The number of rotatable bonds is 4. The van der Waals surface area contributed by atoms with Crippen molar-refractivity contribution in [2.24, 2.45) is 0 Å². The van der Waals surface area contributed by atoms with Crippen LogP contribution in [0.4, 0.5) is 23.5 Å². The van der Waals surface area contributed by atoms with Crippen molar-refractivity contribution in [1.82, 2.24) is 23.9 Å². The summed E-state index contributed by atoms with van der Waals surface area (Å²) >= 11 is 0. The molecule has 184 valence electrons. The minimum Gasteiger partial charge on any atom is -0.392 e. The first-order valence-corrected chi connectivity index (χ1v) is 12.0. The molecule has 14 heteroatoms. The lowest BCUT2D eigenvalue weighted by molar-refractivity contribution is 0.108. The molecule has 0 amide bonds. The predicted molar refractivity (Wildman–Crippen MR) is 114 cm³/mol. The van der Waals surface area contributed by atoms with Gasteiger partial charge in [-0.3, -0.25) is 4.98 Å². The van der Waals surface area contributed by atoms with Crippen LogP contribution in [0.3, 0.4) is 0 Å². The number of pyridine rings is 1. The Morgan fingerprint density at radius 2 is 1.82 bits per heavy atom. The average Bonchev–Trinajstić information content (AvgIpc) is 3.60. The lowest BCUT2D eigenvalue weighted by atomic mass is 10.1. The Labute approximate surface area is 192 Å². The first-order chi connectivity index (χ1) is 16.1. The molecule has 3 N–H and O–H groups in total. The summed E-state index contributed by atoms with van der Waals surface area (Å²) in [5.41, 5.74) is 4.46. The molecule has 0 radical (unpaired) electrons. The summed E-state index contributed by atoms with van der Waals surface area (Å²) in [6, 6.07) is 1.63. The van der Waals surface area contributed by atoms with Gasteiger partial charge in [-0.25, -0.2) is 35.5 Å². The van der Waals surface area contributed by atoms with Crippen LogP contribution in [0.25, 0.3) is 16.9 Å². The van der Waals surface area contributed by atoms with Crippen molar-refractivity contribution in [3.8, 4) is 11.4 Å². The van der Waals surface area contributed by atoms with Gasteiger partial charge in [0.25, 0.3) is 6.43 Å². The lowest BCUT2D eigenvalue weighted by Crippen LogP contribution is -2.43. The van der Waals surface area contributed by atoms with E-state index >= 15 is 0 Å². The number of aromatic nitrogens is 4. The zero-order chi connectivity index (χ0) is 24.6. The van der Waals surface area contributed by atoms with E-state index < -0.39 is 39.8 Å². The van der Waals surface area contributed by atoms with Gasteiger partial charge in [-0.15, -0.1) is 5.10 Å². The smallest absolute Gasteiger partial charge is 0.265 e. The van der Waals surface area contributed by atoms with Crippen molar-refractivity contribution in [3.63, 3.8) is 0 Å². The fourth-order valence-corrected chi connectivity index (χ4v) is 5.54. The van der Waals surface area contributed by atoms with E-state index in [1.165, 1.54) is 4.31 Å². The van der Waals surface area contributed by atoms with Crippen molar-refractivity contribution in [3.05, 3.63) is 41.7 Å². The molecular weight excluding hydrogens is 480 g/mol. The highest BCUT2D eigenvalue weighted by molar-refractivity contribution is 7.90. The second-order valence-electron chi connectivity index (χ2n) is 8.09. The first-order valence-electron chi connectivity index (χ1n) is 10.5. The number of hydrogen-bond acceptors (Lipinski definition) is 7. The number of fused-ring (bicyclic) bond motifs is 1. The maximum atomic E-state index is 13.9. The minimum absolute atomic E-state index is 0.0293. The van der Waals surface area contributed by atoms with Crippen LogP contribution in [0.5, 0.6) is 0 Å². The third-order valence-corrected chi connectivity index (χ3v) is 7.87. The maximum absolute atomic E-state index is 13.9. The molecule has 1 aliphatic heterocycles. The Hall–Kier alpha value is -2.84. The van der Waals surface area contributed by atoms with Crippen LogP contribution in [0.15, 0.2) is 24.5 Å². The number of halogens is 4. The number of nitrogen functional groups attached to an aromatic ring is 1. The van der Waals surface area contributed by atoms with Crippen molar-refractivity contribution >= 4 is 21.5 Å². The monoisotopic (exact) mass is 502 g/mol. The topological polar surface area (TPSA) is 127 Å². The number of nitrogens with zero attached hydrogens (tertiary/aromatic N) is 5. The summed E-state index contributed by atoms with van der Waals surface area (Å²) < 4.78 is 78.5. The van der Waals surface area contributed by atoms with Gasteiger partial charge in [-0.2, -0.15) is 4.31 Å². The highest BCUT2D eigenvalue weighted by Crippen LogP contribution is 2.32. The molecule has 1 aliphatic carbocycles. The largest absolute Gasteiger partial charge is 0.392 e. The third-order valence-electron chi connectivity index (χ3n) is 5.51. The van der Waals surface area contributed by atoms with Gasteiger partial charge in [0, 0.05) is 30.9 Å². The zero-order valence-electron chi connectivity index (χ0n) is 17.8. The number of nitrogens with two attached hydrogens (primary N) is 1. The summed E-state index contributed by atoms with van der Waals surface area (Å²) in [5.74, 6) is -1.86. The molecule has 34 heavy (non-hydrogen) atoms. The van der Waals surface area contributed by atoms with E-state index in [4.69, 9.17) is 5.73 Å². The van der Waals surface area contributed by atoms with Gasteiger partial charge in [0.15, 0.2) is 11.6 Å². The standard InChI is InChI=1S/C12H7F4N5.C8H15NO3S/c13-6-2-8(21-9(6)4-19-12(17)20-21)10-7(14)1-5(3-18-10)11(15)16;10-7-2-1-5-9(6-7)13(11,12)8-3-4-8/h1-4,11H,(H2,17,20);7-8,10H,1-6H2. The Morgan fingerprint density at radius 1 is 1.09 bits per heavy atom. The Morgan fingerprint density at radius 3 is 2.44 bits per heavy atom. The van der Waals surface area contributed by atoms with E-state index in [0.717, 1.165) is 48.7 Å². The fraction of sp³-hybridized carbons (Fsp3) is 0.450. The number of hydrogen-bond donors (Lipinski definition) is 2. The summed E-state index contributed by atoms with van der Waals surface area (Å²) in [6.45, 7) is 0.898. The molecule has 1 saturated heterocycles. The van der Waals surface area contributed by atoms with E-state index in [1.54, 1.807) is 0 Å². The average molecular weight is 502 g/mol. The van der Waals surface area contributed by atoms with Crippen molar-refractivity contribution in [2.75, 3.05) is 18.8 Å². The number of piperidine rings is 1. The molecule has 2 aliphatic rings. The number of alkyl halides is 2. The van der Waals surface area contributed by atoms with Gasteiger partial charge in [0.05, 0.1) is 23.2 Å². The van der Waals surface area contributed by atoms with E-state index in [-0.39, 0.29) is 28.1 Å². The minimum atomic E-state index is -3.05. The Balaban J connectivity index is 0.000000180. The second-order valence-corrected chi connectivity index (χ2v) is 10.3. The Bertz CT molecular complexity index is 1300. The lowest BCUT2D eigenvalue weighted by Gasteiger charge is -2.29. The van der Waals surface area contributed by atoms with Gasteiger partial charge in [-0.1, -0.05) is 0 Å². The van der Waals surface area contributed by atoms with Crippen molar-refractivity contribution in [2.45, 2.75) is 43.5 Å². The van der Waals surface area contributed by atoms with Crippen LogP contribution >= 0.6 is 0 Å². The molecule has 1 unspecified atom stereocenters. The molecule has 2 fully saturated rings. The van der Waals surface area contributed by atoms with Crippen LogP contribution in [0.1, 0.15) is 37.7 Å². The Kier molecular flexibility index (Phi) is 6.73. The van der Waals surface area contributed by atoms with E-state index in [1.807, 2.05) is 0 Å². The molecule has 9 nitrogen and oxygen atoms in total. The van der Waals surface area contributed by atoms with Gasteiger partial charge in [0.1, 0.15) is 11.2 Å². The van der Waals surface area contributed by atoms with Gasteiger partial charge in [-0.05, 0) is 31.7 Å². The molecule has 0 aromatic carbocycles. The molecule has 4 heterocycles. The molecule has 1 atom stereocenters. The molecular formula is C20H22F4N6O3S. The molecule has 0 spiro atoms. The summed E-state index contributed by atoms with van der Waals surface area (Å²) in [5, 5.41) is 13.0. The molecule has 3 aromatic heterocycles. The number of anilines is 1. The third kappa shape index (κ3) is 4.98. The van der Waals surface area contributed by atoms with Gasteiger partial charge >= 0.3 is 0 Å². The normalized spacial score (nSPS) is 19.3.